The fourth-order valence-corrected chi connectivity index (χ4v) is 6.85. The van der Waals surface area contributed by atoms with Crippen LogP contribution in [0.3, 0.4) is 0 Å². The summed E-state index contributed by atoms with van der Waals surface area (Å²) < 4.78 is 31.0. The summed E-state index contributed by atoms with van der Waals surface area (Å²) in [5.74, 6) is 0.0150. The second-order valence-corrected chi connectivity index (χ2v) is 13.4. The summed E-state index contributed by atoms with van der Waals surface area (Å²) in [6.07, 6.45) is 6.14. The topological polar surface area (TPSA) is 123 Å². The molecule has 0 bridgehead atoms. The molecule has 2 heterocycles. The number of ether oxygens (including phenoxy) is 1. The maximum Gasteiger partial charge on any atom is 0.280 e. The van der Waals surface area contributed by atoms with Crippen molar-refractivity contribution in [2.75, 3.05) is 32.6 Å². The Balaban J connectivity index is 1.32. The Hall–Kier alpha value is -3.09. The number of fused-ring (bicyclic) bond motifs is 1. The summed E-state index contributed by atoms with van der Waals surface area (Å²) in [7, 11) is 0.702. The van der Waals surface area contributed by atoms with Crippen molar-refractivity contribution in [3.05, 3.63) is 42.0 Å². The Morgan fingerprint density at radius 2 is 1.82 bits per heavy atom. The van der Waals surface area contributed by atoms with Gasteiger partial charge in [0.15, 0.2) is 20.7 Å². The Morgan fingerprint density at radius 1 is 1.08 bits per heavy atom. The minimum atomic E-state index is -3.33. The van der Waals surface area contributed by atoms with Gasteiger partial charge < -0.3 is 14.5 Å². The number of benzene rings is 1. The molecule has 2 fully saturated rings. The van der Waals surface area contributed by atoms with E-state index in [0.717, 1.165) is 38.6 Å². The van der Waals surface area contributed by atoms with E-state index in [1.165, 1.54) is 23.5 Å². The van der Waals surface area contributed by atoms with Gasteiger partial charge in [0, 0.05) is 18.2 Å². The Labute approximate surface area is 232 Å². The minimum Gasteiger partial charge on any atom is -0.478 e. The van der Waals surface area contributed by atoms with Crippen LogP contribution in [-0.2, 0) is 19.5 Å². The number of pyridine rings is 1. The van der Waals surface area contributed by atoms with Crippen molar-refractivity contribution < 1.29 is 22.8 Å². The Morgan fingerprint density at radius 3 is 2.51 bits per heavy atom. The highest BCUT2D eigenvalue weighted by Crippen LogP contribution is 2.33. The van der Waals surface area contributed by atoms with Gasteiger partial charge in [0.2, 0.25) is 5.88 Å². The third-order valence-corrected chi connectivity index (χ3v) is 9.84. The fourth-order valence-electron chi connectivity index (χ4n) is 4.37. The van der Waals surface area contributed by atoms with Crippen LogP contribution >= 0.6 is 11.3 Å². The first kappa shape index (κ1) is 27.5. The van der Waals surface area contributed by atoms with E-state index in [4.69, 9.17) is 9.57 Å². The average molecular weight is 572 g/mol. The first-order valence-electron chi connectivity index (χ1n) is 13.2. The van der Waals surface area contributed by atoms with Crippen LogP contribution in [0.2, 0.25) is 0 Å². The molecule has 12 heteroatoms. The van der Waals surface area contributed by atoms with Crippen LogP contribution in [0.4, 0.5) is 5.13 Å². The summed E-state index contributed by atoms with van der Waals surface area (Å²) in [5.41, 5.74) is 1.17. The van der Waals surface area contributed by atoms with E-state index in [1.54, 1.807) is 18.2 Å². The zero-order chi connectivity index (χ0) is 27.4. The molecule has 208 valence electrons. The molecule has 1 amide bonds. The van der Waals surface area contributed by atoms with Gasteiger partial charge in [-0.1, -0.05) is 28.6 Å². The zero-order valence-corrected chi connectivity index (χ0v) is 23.8. The predicted octanol–water partition coefficient (Wildman–Crippen LogP) is 4.26. The van der Waals surface area contributed by atoms with E-state index in [-0.39, 0.29) is 22.0 Å². The molecule has 1 N–H and O–H groups in total. The van der Waals surface area contributed by atoms with Crippen LogP contribution in [0.5, 0.6) is 5.88 Å². The van der Waals surface area contributed by atoms with E-state index in [1.807, 2.05) is 20.2 Å². The summed E-state index contributed by atoms with van der Waals surface area (Å²) in [6, 6.07) is 9.85. The number of oxime groups is 1. The van der Waals surface area contributed by atoms with Gasteiger partial charge in [-0.25, -0.2) is 18.4 Å². The van der Waals surface area contributed by atoms with Crippen LogP contribution in [0.15, 0.2) is 46.4 Å². The summed E-state index contributed by atoms with van der Waals surface area (Å²) in [4.78, 5) is 31.1. The smallest absolute Gasteiger partial charge is 0.280 e. The maximum atomic E-state index is 13.4. The van der Waals surface area contributed by atoms with Crippen LogP contribution in [0, 0.1) is 0 Å². The fraction of sp³-hybridized carbons (Fsp3) is 0.481. The quantitative estimate of drug-likeness (QED) is 0.194. The molecule has 1 aromatic carbocycles. The van der Waals surface area contributed by atoms with Crippen molar-refractivity contribution in [1.29, 1.82) is 0 Å². The second kappa shape index (κ2) is 12.0. The first-order valence-corrected chi connectivity index (χ1v) is 15.6. The highest BCUT2D eigenvalue weighted by Gasteiger charge is 2.36. The molecule has 0 atom stereocenters. The number of nitrogens with zero attached hydrogens (tertiary/aromatic N) is 4. The first-order chi connectivity index (χ1) is 18.8. The van der Waals surface area contributed by atoms with Crippen LogP contribution < -0.4 is 10.1 Å². The highest BCUT2D eigenvalue weighted by atomic mass is 32.2. The van der Waals surface area contributed by atoms with Crippen molar-refractivity contribution in [3.63, 3.8) is 0 Å². The Kier molecular flexibility index (Phi) is 8.43. The molecular weight excluding hydrogens is 538 g/mol. The lowest BCUT2D eigenvalue weighted by Gasteiger charge is -2.11. The average Bonchev–Trinajstić information content (AvgIpc) is 3.52. The summed E-state index contributed by atoms with van der Waals surface area (Å²) in [6.45, 7) is 1.48. The van der Waals surface area contributed by atoms with Gasteiger partial charge in [-0.3, -0.25) is 10.1 Å². The van der Waals surface area contributed by atoms with Crippen LogP contribution in [-0.4, -0.2) is 73.5 Å². The number of thiazole rings is 1. The van der Waals surface area contributed by atoms with E-state index in [9.17, 15) is 13.2 Å². The third kappa shape index (κ3) is 6.92. The Bertz CT molecular complexity index is 1440. The molecule has 3 aromatic rings. The van der Waals surface area contributed by atoms with Gasteiger partial charge in [0.25, 0.3) is 5.91 Å². The molecule has 0 aliphatic heterocycles. The van der Waals surface area contributed by atoms with Gasteiger partial charge in [0.1, 0.15) is 16.5 Å². The summed E-state index contributed by atoms with van der Waals surface area (Å²) in [5, 5.41) is 7.11. The third-order valence-electron chi connectivity index (χ3n) is 6.68. The molecule has 0 radical (unpaired) electrons. The minimum absolute atomic E-state index is 0.0369. The normalized spacial score (nSPS) is 16.6. The largest absolute Gasteiger partial charge is 0.478 e. The molecule has 2 aliphatic carbocycles. The predicted molar refractivity (Wildman–Crippen MR) is 151 cm³/mol. The van der Waals surface area contributed by atoms with Crippen LogP contribution in [0.1, 0.15) is 50.5 Å². The molecule has 10 nitrogen and oxygen atoms in total. The number of carbonyl (C=O) groups is 1. The molecule has 0 unspecified atom stereocenters. The van der Waals surface area contributed by atoms with Crippen molar-refractivity contribution in [3.8, 4) is 5.88 Å². The number of aromatic nitrogens is 2. The van der Waals surface area contributed by atoms with Gasteiger partial charge in [-0.05, 0) is 77.2 Å². The molecule has 2 aromatic heterocycles. The van der Waals surface area contributed by atoms with E-state index < -0.39 is 15.7 Å². The number of hydrogen-bond acceptors (Lipinski definition) is 10. The number of carbonyl (C=O) groups excluding carboxylic acids is 1. The number of nitrogens with one attached hydrogen (secondary N) is 1. The molecule has 0 saturated heterocycles. The number of amides is 1. The standard InChI is InChI=1S/C27H33N5O5S2/c1-32(2)16-5-17-36-23-15-14-22-26(29-23)38-27(28-22)30-25(33)24(31-37-19-6-3-4-7-19)18-8-10-20(11-9-18)39(34,35)21-12-13-21/h8-11,14-15,19,21H,3-7,12-13,16-17H2,1-2H3,(H,28,30,33)/b31-24+. The molecule has 0 spiro atoms. The number of rotatable bonds is 12. The van der Waals surface area contributed by atoms with Crippen molar-refractivity contribution in [1.82, 2.24) is 14.9 Å². The highest BCUT2D eigenvalue weighted by molar-refractivity contribution is 7.92. The number of sulfone groups is 1. The molecule has 5 rings (SSSR count). The maximum absolute atomic E-state index is 13.4. The van der Waals surface area contributed by atoms with Gasteiger partial charge in [-0.15, -0.1) is 0 Å². The molecule has 2 saturated carbocycles. The zero-order valence-electron chi connectivity index (χ0n) is 22.1. The lowest BCUT2D eigenvalue weighted by Crippen LogP contribution is -2.25. The molecular formula is C27H33N5O5S2. The second-order valence-electron chi connectivity index (χ2n) is 10.2. The monoisotopic (exact) mass is 571 g/mol. The number of anilines is 1. The molecule has 39 heavy (non-hydrogen) atoms. The van der Waals surface area contributed by atoms with Crippen molar-refractivity contribution >= 4 is 48.3 Å². The summed E-state index contributed by atoms with van der Waals surface area (Å²) >= 11 is 1.24. The van der Waals surface area contributed by atoms with E-state index >= 15 is 0 Å². The van der Waals surface area contributed by atoms with Crippen molar-refractivity contribution in [2.24, 2.45) is 5.16 Å². The number of hydrogen-bond donors (Lipinski definition) is 1. The van der Waals surface area contributed by atoms with Gasteiger partial charge in [-0.2, -0.15) is 0 Å². The van der Waals surface area contributed by atoms with Crippen molar-refractivity contribution in [2.45, 2.75) is 61.2 Å². The SMILES string of the molecule is CN(C)CCCOc1ccc2nc(NC(=O)/C(=N/OC3CCCC3)c3ccc(S(=O)(=O)C4CC4)cc3)sc2n1. The van der Waals surface area contributed by atoms with E-state index in [2.05, 4.69) is 25.3 Å². The van der Waals surface area contributed by atoms with Gasteiger partial charge >= 0.3 is 0 Å². The van der Waals surface area contributed by atoms with E-state index in [0.29, 0.717) is 46.4 Å². The lowest BCUT2D eigenvalue weighted by atomic mass is 10.1. The van der Waals surface area contributed by atoms with Gasteiger partial charge in [0.05, 0.1) is 16.8 Å². The lowest BCUT2D eigenvalue weighted by molar-refractivity contribution is -0.110. The van der Waals surface area contributed by atoms with Crippen LogP contribution in [0.25, 0.3) is 10.3 Å². The molecule has 2 aliphatic rings.